The molecule has 2 aliphatic rings. The fraction of sp³-hybridized carbons (Fsp3) is 0.360. The number of nitro benzene ring substituents is 1. The number of hydrogen-bond acceptors (Lipinski definition) is 19. The molecule has 3 amide bonds. The number of methoxy groups -OCH3 is 1. The zero-order chi connectivity index (χ0) is 53.1. The van der Waals surface area contributed by atoms with Crippen LogP contribution in [-0.2, 0) is 68.5 Å². The third-order valence-corrected chi connectivity index (χ3v) is 11.3. The summed E-state index contributed by atoms with van der Waals surface area (Å²) in [7, 11) is 0.996. The van der Waals surface area contributed by atoms with Crippen LogP contribution in [0.4, 0.5) is 21.0 Å². The molecule has 73 heavy (non-hydrogen) atoms. The lowest BCUT2D eigenvalue weighted by atomic mass is 9.97. The Morgan fingerprint density at radius 3 is 1.88 bits per heavy atom. The molecule has 1 aliphatic carbocycles. The molecule has 0 unspecified atom stereocenters. The number of carbonyl (C=O) groups excluding carboxylic acids is 8. The first kappa shape index (κ1) is 53.7. The highest BCUT2D eigenvalue weighted by molar-refractivity contribution is 5.99. The van der Waals surface area contributed by atoms with Crippen LogP contribution in [0.2, 0.25) is 0 Å². The van der Waals surface area contributed by atoms with Gasteiger partial charge in [0.05, 0.1) is 17.7 Å². The number of amides is 3. The highest BCUT2D eigenvalue weighted by Gasteiger charge is 2.56. The Balaban J connectivity index is 1.21. The van der Waals surface area contributed by atoms with Gasteiger partial charge < -0.3 is 58.6 Å². The molecule has 0 bridgehead atoms. The third kappa shape index (κ3) is 13.6. The van der Waals surface area contributed by atoms with Gasteiger partial charge in [-0.3, -0.25) is 34.1 Å². The van der Waals surface area contributed by atoms with Crippen molar-refractivity contribution >= 4 is 59.3 Å². The maximum atomic E-state index is 13.9. The van der Waals surface area contributed by atoms with Crippen molar-refractivity contribution in [3.63, 3.8) is 0 Å². The molecule has 0 aromatic heterocycles. The van der Waals surface area contributed by atoms with Gasteiger partial charge in [0.25, 0.3) is 5.69 Å². The van der Waals surface area contributed by atoms with E-state index in [-0.39, 0.29) is 41.0 Å². The maximum Gasteiger partial charge on any atom is 0.514 e. The quantitative estimate of drug-likeness (QED) is 0.0370. The number of benzene rings is 4. The molecule has 386 valence electrons. The van der Waals surface area contributed by atoms with Crippen LogP contribution in [0.15, 0.2) is 91.0 Å². The van der Waals surface area contributed by atoms with Crippen molar-refractivity contribution in [2.24, 2.45) is 5.92 Å². The molecule has 0 saturated carbocycles. The van der Waals surface area contributed by atoms with Gasteiger partial charge in [0, 0.05) is 38.8 Å². The Bertz CT molecular complexity index is 2700. The third-order valence-electron chi connectivity index (χ3n) is 11.3. The standard InChI is InChI=1S/C50H52N4O19/c1-25(2)40(53-49(61)66-24-37-35-14-10-8-12-33(35)34-13-9-11-15-36(34)37)46(59)51-26(3)45(58)52-38-21-16-30(23-67-50(62)71-32-19-17-31(18-20-32)54(63)64)22-39(38)72-48-44(70-29(6)57)42(69-28(5)56)41(68-27(4)55)43(73-48)47(60)65-7/h8-22,25-26,37,40-44,48H,23-24H2,1-7H3,(H,51,59)(H,52,58)(H,53,61)/t26-,40-,41-,42-,43-,44+,48-/m0/s1. The number of rotatable bonds is 18. The first-order valence-electron chi connectivity index (χ1n) is 22.6. The van der Waals surface area contributed by atoms with Gasteiger partial charge in [0.1, 0.15) is 36.8 Å². The Morgan fingerprint density at radius 1 is 0.712 bits per heavy atom. The monoisotopic (exact) mass is 1010 g/mol. The largest absolute Gasteiger partial charge is 0.514 e. The Hall–Kier alpha value is -8.60. The van der Waals surface area contributed by atoms with Gasteiger partial charge in [-0.25, -0.2) is 14.4 Å². The zero-order valence-electron chi connectivity index (χ0n) is 40.5. The summed E-state index contributed by atoms with van der Waals surface area (Å²) in [6.45, 7) is 7.19. The summed E-state index contributed by atoms with van der Waals surface area (Å²) in [6.07, 6.45) is -11.1. The van der Waals surface area contributed by atoms with E-state index in [4.69, 9.17) is 42.6 Å². The van der Waals surface area contributed by atoms with E-state index in [2.05, 4.69) is 16.0 Å². The number of carbonyl (C=O) groups is 8. The topological polar surface area (TPSA) is 299 Å². The van der Waals surface area contributed by atoms with Gasteiger partial charge in [-0.2, -0.15) is 0 Å². The van der Waals surface area contributed by atoms with E-state index < -0.39 is 108 Å². The Labute approximate surface area is 417 Å². The predicted molar refractivity (Wildman–Crippen MR) is 251 cm³/mol. The molecule has 6 rings (SSSR count). The van der Waals surface area contributed by atoms with Crippen molar-refractivity contribution in [3.05, 3.63) is 118 Å². The molecule has 4 aromatic rings. The fourth-order valence-corrected chi connectivity index (χ4v) is 7.97. The predicted octanol–water partition coefficient (Wildman–Crippen LogP) is 5.39. The molecular formula is C50H52N4O19. The van der Waals surface area contributed by atoms with Crippen LogP contribution in [0.3, 0.4) is 0 Å². The summed E-state index contributed by atoms with van der Waals surface area (Å²) in [5.74, 6) is -6.67. The van der Waals surface area contributed by atoms with E-state index in [1.807, 2.05) is 48.5 Å². The minimum absolute atomic E-state index is 0.0132. The number of nitrogens with zero attached hydrogens (tertiary/aromatic N) is 1. The molecule has 23 heteroatoms. The van der Waals surface area contributed by atoms with Crippen molar-refractivity contribution in [2.75, 3.05) is 19.0 Å². The number of nitrogens with one attached hydrogen (secondary N) is 3. The molecule has 0 radical (unpaired) electrons. The van der Waals surface area contributed by atoms with Crippen LogP contribution in [0.5, 0.6) is 11.5 Å². The number of fused-ring (bicyclic) bond motifs is 3. The molecule has 1 saturated heterocycles. The van der Waals surface area contributed by atoms with E-state index >= 15 is 0 Å². The minimum Gasteiger partial charge on any atom is -0.467 e. The Morgan fingerprint density at radius 2 is 1.30 bits per heavy atom. The van der Waals surface area contributed by atoms with Crippen LogP contribution in [0.1, 0.15) is 64.2 Å². The summed E-state index contributed by atoms with van der Waals surface area (Å²) in [6, 6.07) is 21.6. The molecule has 7 atom stereocenters. The number of nitro groups is 1. The highest BCUT2D eigenvalue weighted by Crippen LogP contribution is 2.44. The van der Waals surface area contributed by atoms with Crippen molar-refractivity contribution in [1.29, 1.82) is 0 Å². The smallest absolute Gasteiger partial charge is 0.467 e. The van der Waals surface area contributed by atoms with Crippen molar-refractivity contribution in [2.45, 2.75) is 96.9 Å². The minimum atomic E-state index is -1.91. The van der Waals surface area contributed by atoms with E-state index in [1.165, 1.54) is 37.3 Å². The summed E-state index contributed by atoms with van der Waals surface area (Å²) < 4.78 is 49.3. The van der Waals surface area contributed by atoms with Crippen LogP contribution in [-0.4, -0.2) is 109 Å². The first-order chi connectivity index (χ1) is 34.7. The number of esters is 4. The van der Waals surface area contributed by atoms with Crippen LogP contribution >= 0.6 is 0 Å². The summed E-state index contributed by atoms with van der Waals surface area (Å²) in [5, 5.41) is 18.9. The molecule has 4 aromatic carbocycles. The number of alkyl carbamates (subject to hydrolysis) is 1. The molecule has 3 N–H and O–H groups in total. The molecule has 1 fully saturated rings. The second-order valence-electron chi connectivity index (χ2n) is 16.9. The van der Waals surface area contributed by atoms with E-state index in [0.717, 1.165) is 62.3 Å². The summed E-state index contributed by atoms with van der Waals surface area (Å²) >= 11 is 0. The lowest BCUT2D eigenvalue weighted by Gasteiger charge is -2.43. The number of hydrogen-bond donors (Lipinski definition) is 3. The highest BCUT2D eigenvalue weighted by atomic mass is 16.7. The molecule has 1 heterocycles. The number of anilines is 1. The summed E-state index contributed by atoms with van der Waals surface area (Å²) in [4.78, 5) is 114. The average Bonchev–Trinajstić information content (AvgIpc) is 3.66. The van der Waals surface area contributed by atoms with E-state index in [9.17, 15) is 48.5 Å². The van der Waals surface area contributed by atoms with Crippen LogP contribution in [0, 0.1) is 16.0 Å². The first-order valence-corrected chi connectivity index (χ1v) is 22.6. The number of ether oxygens (including phenoxy) is 9. The fourth-order valence-electron chi connectivity index (χ4n) is 7.97. The average molecular weight is 1010 g/mol. The van der Waals surface area contributed by atoms with Gasteiger partial charge >= 0.3 is 36.1 Å². The molecule has 1 aliphatic heterocycles. The second-order valence-corrected chi connectivity index (χ2v) is 16.9. The van der Waals surface area contributed by atoms with Crippen molar-refractivity contribution in [3.8, 4) is 22.6 Å². The molecular weight excluding hydrogens is 961 g/mol. The summed E-state index contributed by atoms with van der Waals surface area (Å²) in [5.41, 5.74) is 3.81. The van der Waals surface area contributed by atoms with Crippen molar-refractivity contribution < 1.29 is 85.9 Å². The second kappa shape index (κ2) is 24.0. The SMILES string of the molecule is COC(=O)[C@H]1O[C@H](Oc2cc(COC(=O)Oc3ccc([N+](=O)[O-])cc3)ccc2NC(=O)[C@H](C)NC(=O)[C@@H](NC(=O)OCC2c3ccccc3-c3ccccc32)C(C)C)[C@H](OC(C)=O)[C@@H](OC(C)=O)[C@@H]1OC(C)=O. The van der Waals surface area contributed by atoms with Gasteiger partial charge in [0.2, 0.25) is 24.2 Å². The molecule has 23 nitrogen and oxygen atoms in total. The number of non-ortho nitro benzene ring substituents is 1. The van der Waals surface area contributed by atoms with Crippen molar-refractivity contribution in [1.82, 2.24) is 10.6 Å². The molecule has 0 spiro atoms. The van der Waals surface area contributed by atoms with Gasteiger partial charge in [-0.05, 0) is 64.9 Å². The van der Waals surface area contributed by atoms with Gasteiger partial charge in [-0.1, -0.05) is 68.4 Å². The normalized spacial score (nSPS) is 18.5. The van der Waals surface area contributed by atoms with E-state index in [0.29, 0.717) is 0 Å². The van der Waals surface area contributed by atoms with Gasteiger partial charge in [0.15, 0.2) is 18.3 Å². The maximum absolute atomic E-state index is 13.9. The van der Waals surface area contributed by atoms with E-state index in [1.54, 1.807) is 13.8 Å². The van der Waals surface area contributed by atoms with Gasteiger partial charge in [-0.15, -0.1) is 0 Å². The van der Waals surface area contributed by atoms with Crippen LogP contribution in [0.25, 0.3) is 11.1 Å². The Kier molecular flexibility index (Phi) is 17.7. The lowest BCUT2D eigenvalue weighted by Crippen LogP contribution is -2.64. The lowest BCUT2D eigenvalue weighted by molar-refractivity contribution is -0.384. The zero-order valence-corrected chi connectivity index (χ0v) is 40.5. The van der Waals surface area contributed by atoms with Crippen LogP contribution < -0.4 is 25.4 Å².